The summed E-state index contributed by atoms with van der Waals surface area (Å²) in [5.41, 5.74) is 0.580. The van der Waals surface area contributed by atoms with Crippen molar-refractivity contribution in [1.82, 2.24) is 4.98 Å². The van der Waals surface area contributed by atoms with Gasteiger partial charge in [0.2, 0.25) is 5.91 Å². The molecule has 2 amide bonds. The number of carbonyl (C=O) groups excluding carboxylic acids is 2. The zero-order valence-electron chi connectivity index (χ0n) is 12.5. The number of hydrogen-bond acceptors (Lipinski definition) is 5. The van der Waals surface area contributed by atoms with E-state index >= 15 is 0 Å². The molecule has 0 atom stereocenters. The van der Waals surface area contributed by atoms with Gasteiger partial charge in [-0.1, -0.05) is 19.9 Å². The van der Waals surface area contributed by atoms with Gasteiger partial charge in [-0.25, -0.2) is 9.78 Å². The average molecular weight is 333 g/mol. The Morgan fingerprint density at radius 3 is 2.61 bits per heavy atom. The van der Waals surface area contributed by atoms with Crippen molar-refractivity contribution in [2.75, 3.05) is 10.6 Å². The summed E-state index contributed by atoms with van der Waals surface area (Å²) in [6.07, 6.45) is 0. The number of hydrogen-bond donors (Lipinski definition) is 3. The summed E-state index contributed by atoms with van der Waals surface area (Å²) in [6.45, 7) is 3.51. The first-order chi connectivity index (χ1) is 10.9. The van der Waals surface area contributed by atoms with Crippen LogP contribution in [0.2, 0.25) is 0 Å². The van der Waals surface area contributed by atoms with Crippen molar-refractivity contribution in [2.45, 2.75) is 13.8 Å². The van der Waals surface area contributed by atoms with Crippen LogP contribution in [0.3, 0.4) is 0 Å². The van der Waals surface area contributed by atoms with E-state index in [4.69, 9.17) is 5.11 Å². The topological polar surface area (TPSA) is 108 Å². The number of aromatic carboxylic acids is 1. The van der Waals surface area contributed by atoms with Crippen molar-refractivity contribution >= 4 is 39.9 Å². The second-order valence-electron chi connectivity index (χ2n) is 5.02. The smallest absolute Gasteiger partial charge is 0.335 e. The Hall–Kier alpha value is -2.74. The van der Waals surface area contributed by atoms with E-state index in [1.165, 1.54) is 23.6 Å². The molecule has 7 nitrogen and oxygen atoms in total. The molecule has 0 bridgehead atoms. The minimum Gasteiger partial charge on any atom is -0.478 e. The van der Waals surface area contributed by atoms with Gasteiger partial charge in [0.15, 0.2) is 5.13 Å². The van der Waals surface area contributed by atoms with Gasteiger partial charge >= 0.3 is 5.97 Å². The Morgan fingerprint density at radius 1 is 1.22 bits per heavy atom. The van der Waals surface area contributed by atoms with E-state index < -0.39 is 11.9 Å². The highest BCUT2D eigenvalue weighted by Crippen LogP contribution is 2.18. The van der Waals surface area contributed by atoms with E-state index in [1.807, 2.05) is 0 Å². The average Bonchev–Trinajstić information content (AvgIpc) is 2.96. The lowest BCUT2D eigenvalue weighted by Crippen LogP contribution is -2.18. The molecular formula is C15H15N3O4S. The Morgan fingerprint density at radius 2 is 1.96 bits per heavy atom. The van der Waals surface area contributed by atoms with Crippen molar-refractivity contribution in [3.63, 3.8) is 0 Å². The summed E-state index contributed by atoms with van der Waals surface area (Å²) in [5, 5.41) is 16.0. The first kappa shape index (κ1) is 16.6. The highest BCUT2D eigenvalue weighted by atomic mass is 32.1. The maximum Gasteiger partial charge on any atom is 0.335 e. The molecule has 1 aromatic carbocycles. The summed E-state index contributed by atoms with van der Waals surface area (Å²) in [6, 6.07) is 5.90. The highest BCUT2D eigenvalue weighted by Gasteiger charge is 2.14. The second-order valence-corrected chi connectivity index (χ2v) is 5.88. The van der Waals surface area contributed by atoms with Crippen molar-refractivity contribution < 1.29 is 19.5 Å². The SMILES string of the molecule is CC(C)C(=O)Nc1nc(C(=O)Nc2cccc(C(=O)O)c2)cs1. The molecule has 8 heteroatoms. The number of anilines is 2. The lowest BCUT2D eigenvalue weighted by atomic mass is 10.2. The van der Waals surface area contributed by atoms with Gasteiger partial charge in [-0.05, 0) is 18.2 Å². The molecule has 0 fully saturated rings. The number of nitrogens with zero attached hydrogens (tertiary/aromatic N) is 1. The predicted octanol–water partition coefficient (Wildman–Crippen LogP) is 2.69. The van der Waals surface area contributed by atoms with Crippen molar-refractivity contribution in [2.24, 2.45) is 5.92 Å². The number of carboxylic acids is 1. The van der Waals surface area contributed by atoms with Gasteiger partial charge in [-0.2, -0.15) is 0 Å². The first-order valence-electron chi connectivity index (χ1n) is 6.78. The zero-order valence-corrected chi connectivity index (χ0v) is 13.3. The molecular weight excluding hydrogens is 318 g/mol. The number of thiazole rings is 1. The minimum atomic E-state index is -1.08. The van der Waals surface area contributed by atoms with Crippen LogP contribution in [0.4, 0.5) is 10.8 Å². The second kappa shape index (κ2) is 7.01. The van der Waals surface area contributed by atoms with Crippen LogP contribution in [0, 0.1) is 5.92 Å². The van der Waals surface area contributed by atoms with Crippen LogP contribution in [-0.2, 0) is 4.79 Å². The van der Waals surface area contributed by atoms with Gasteiger partial charge in [0.1, 0.15) is 5.69 Å². The normalized spacial score (nSPS) is 10.4. The van der Waals surface area contributed by atoms with Crippen molar-refractivity contribution in [1.29, 1.82) is 0 Å². The molecule has 2 aromatic rings. The summed E-state index contributed by atoms with van der Waals surface area (Å²) in [5.74, 6) is -1.92. The van der Waals surface area contributed by atoms with Crippen LogP contribution < -0.4 is 10.6 Å². The third-order valence-corrected chi connectivity index (χ3v) is 3.62. The molecule has 0 spiro atoms. The lowest BCUT2D eigenvalue weighted by molar-refractivity contribution is -0.118. The van der Waals surface area contributed by atoms with Gasteiger partial charge < -0.3 is 15.7 Å². The molecule has 1 aromatic heterocycles. The number of aromatic nitrogens is 1. The summed E-state index contributed by atoms with van der Waals surface area (Å²) in [7, 11) is 0. The van der Waals surface area contributed by atoms with Crippen LogP contribution in [0.1, 0.15) is 34.7 Å². The van der Waals surface area contributed by atoms with E-state index in [0.29, 0.717) is 10.8 Å². The number of nitrogens with one attached hydrogen (secondary N) is 2. The van der Waals surface area contributed by atoms with Crippen LogP contribution >= 0.6 is 11.3 Å². The van der Waals surface area contributed by atoms with Crippen LogP contribution in [-0.4, -0.2) is 27.9 Å². The number of carbonyl (C=O) groups is 3. The van der Waals surface area contributed by atoms with Crippen LogP contribution in [0.25, 0.3) is 0 Å². The number of carboxylic acid groups (broad SMARTS) is 1. The molecule has 0 aliphatic heterocycles. The van der Waals surface area contributed by atoms with E-state index in [2.05, 4.69) is 15.6 Å². The monoisotopic (exact) mass is 333 g/mol. The molecule has 0 radical (unpaired) electrons. The van der Waals surface area contributed by atoms with E-state index in [-0.39, 0.29) is 23.1 Å². The molecule has 3 N–H and O–H groups in total. The molecule has 120 valence electrons. The quantitative estimate of drug-likeness (QED) is 0.779. The van der Waals surface area contributed by atoms with Crippen LogP contribution in [0.5, 0.6) is 0 Å². The lowest BCUT2D eigenvalue weighted by Gasteiger charge is -2.04. The van der Waals surface area contributed by atoms with Gasteiger partial charge in [-0.15, -0.1) is 11.3 Å². The molecule has 0 saturated heterocycles. The number of rotatable bonds is 5. The Kier molecular flexibility index (Phi) is 5.07. The Labute approximate surface area is 136 Å². The number of benzene rings is 1. The molecule has 0 unspecified atom stereocenters. The fourth-order valence-electron chi connectivity index (χ4n) is 1.61. The Bertz CT molecular complexity index is 755. The standard InChI is InChI=1S/C15H15N3O4S/c1-8(2)12(19)18-15-17-11(7-23-15)13(20)16-10-5-3-4-9(6-10)14(21)22/h3-8H,1-2H3,(H,16,20)(H,21,22)(H,17,18,19). The van der Waals surface area contributed by atoms with Gasteiger partial charge in [0.25, 0.3) is 5.91 Å². The van der Waals surface area contributed by atoms with Crippen LogP contribution in [0.15, 0.2) is 29.6 Å². The molecule has 2 rings (SSSR count). The zero-order chi connectivity index (χ0) is 17.0. The van der Waals surface area contributed by atoms with Gasteiger partial charge in [0.05, 0.1) is 5.56 Å². The fraction of sp³-hybridized carbons (Fsp3) is 0.200. The largest absolute Gasteiger partial charge is 0.478 e. The summed E-state index contributed by atoms with van der Waals surface area (Å²) >= 11 is 1.14. The third kappa shape index (κ3) is 4.36. The predicted molar refractivity (Wildman–Crippen MR) is 86.9 cm³/mol. The molecule has 1 heterocycles. The molecule has 0 aliphatic carbocycles. The van der Waals surface area contributed by atoms with Gasteiger partial charge in [-0.3, -0.25) is 9.59 Å². The minimum absolute atomic E-state index is 0.0750. The Balaban J connectivity index is 2.07. The summed E-state index contributed by atoms with van der Waals surface area (Å²) < 4.78 is 0. The van der Waals surface area contributed by atoms with E-state index in [9.17, 15) is 14.4 Å². The third-order valence-electron chi connectivity index (χ3n) is 2.86. The van der Waals surface area contributed by atoms with Gasteiger partial charge in [0, 0.05) is 17.0 Å². The number of amides is 2. The van der Waals surface area contributed by atoms with Crippen molar-refractivity contribution in [3.05, 3.63) is 40.9 Å². The maximum absolute atomic E-state index is 12.1. The first-order valence-corrected chi connectivity index (χ1v) is 7.66. The molecule has 0 aliphatic rings. The molecule has 0 saturated carbocycles. The van der Waals surface area contributed by atoms with Crippen molar-refractivity contribution in [3.8, 4) is 0 Å². The van der Waals surface area contributed by atoms with E-state index in [1.54, 1.807) is 19.9 Å². The highest BCUT2D eigenvalue weighted by molar-refractivity contribution is 7.14. The maximum atomic E-state index is 12.1. The fourth-order valence-corrected chi connectivity index (χ4v) is 2.30. The van der Waals surface area contributed by atoms with E-state index in [0.717, 1.165) is 11.3 Å². The molecule has 23 heavy (non-hydrogen) atoms. The summed E-state index contributed by atoms with van der Waals surface area (Å²) in [4.78, 5) is 38.6.